The van der Waals surface area contributed by atoms with Crippen LogP contribution in [0.1, 0.15) is 309 Å². The first-order valence-corrected chi connectivity index (χ1v) is 28.0. The molecule has 0 heterocycles. The number of amides is 1. The van der Waals surface area contributed by atoms with Gasteiger partial charge in [-0.05, 0) is 32.1 Å². The summed E-state index contributed by atoms with van der Waals surface area (Å²) < 4.78 is 5.49. The third-order valence-corrected chi connectivity index (χ3v) is 13.1. The summed E-state index contributed by atoms with van der Waals surface area (Å²) in [7, 11) is 0. The number of carbonyl (C=O) groups is 2. The van der Waals surface area contributed by atoms with Gasteiger partial charge in [-0.2, -0.15) is 0 Å². The molecule has 0 radical (unpaired) electrons. The Morgan fingerprint density at radius 2 is 0.742 bits per heavy atom. The molecule has 6 nitrogen and oxygen atoms in total. The first kappa shape index (κ1) is 60.6. The standard InChI is InChI=1S/C56H109NO5/c1-3-5-7-9-11-13-15-16-17-19-23-26-30-34-38-42-46-50-56(61)62-51-47-43-39-35-31-27-24-21-18-20-22-25-29-33-37-41-45-49-55(60)57-53(52-58)54(59)48-44-40-36-32-28-14-12-10-8-6-4-2/h44,48,53-54,58-59H,3-43,45-47,49-52H2,1-2H3,(H,57,60)/b48-44+. The van der Waals surface area contributed by atoms with Crippen LogP contribution in [0.15, 0.2) is 12.2 Å². The van der Waals surface area contributed by atoms with E-state index < -0.39 is 12.1 Å². The third kappa shape index (κ3) is 48.1. The molecular weight excluding hydrogens is 767 g/mol. The van der Waals surface area contributed by atoms with Gasteiger partial charge in [-0.3, -0.25) is 9.59 Å². The number of hydrogen-bond donors (Lipinski definition) is 3. The summed E-state index contributed by atoms with van der Waals surface area (Å²) in [5.74, 6) is -0.0649. The van der Waals surface area contributed by atoms with Gasteiger partial charge >= 0.3 is 5.97 Å². The molecule has 0 aromatic heterocycles. The molecule has 0 saturated carbocycles. The van der Waals surface area contributed by atoms with E-state index in [1.165, 1.54) is 244 Å². The highest BCUT2D eigenvalue weighted by molar-refractivity contribution is 5.76. The molecule has 0 spiro atoms. The van der Waals surface area contributed by atoms with E-state index in [0.29, 0.717) is 19.4 Å². The van der Waals surface area contributed by atoms with E-state index in [9.17, 15) is 19.8 Å². The second kappa shape index (κ2) is 52.2. The van der Waals surface area contributed by atoms with Crippen LogP contribution in [-0.4, -0.2) is 47.4 Å². The van der Waals surface area contributed by atoms with Crippen LogP contribution in [0.4, 0.5) is 0 Å². The number of esters is 1. The quantitative estimate of drug-likeness (QED) is 0.0321. The predicted molar refractivity (Wildman–Crippen MR) is 269 cm³/mol. The minimum Gasteiger partial charge on any atom is -0.466 e. The Morgan fingerprint density at radius 1 is 0.435 bits per heavy atom. The highest BCUT2D eigenvalue weighted by atomic mass is 16.5. The van der Waals surface area contributed by atoms with Gasteiger partial charge in [0.15, 0.2) is 0 Å². The number of ether oxygens (including phenoxy) is 1. The number of aliphatic hydroxyl groups is 2. The van der Waals surface area contributed by atoms with Crippen LogP contribution in [0.25, 0.3) is 0 Å². The number of nitrogens with one attached hydrogen (secondary N) is 1. The number of aliphatic hydroxyl groups excluding tert-OH is 2. The van der Waals surface area contributed by atoms with Gasteiger partial charge in [-0.25, -0.2) is 0 Å². The van der Waals surface area contributed by atoms with Crippen molar-refractivity contribution in [3.8, 4) is 0 Å². The van der Waals surface area contributed by atoms with Crippen molar-refractivity contribution in [3.63, 3.8) is 0 Å². The van der Waals surface area contributed by atoms with Crippen LogP contribution >= 0.6 is 0 Å². The number of unbranched alkanes of at least 4 members (excludes halogenated alkanes) is 41. The SMILES string of the molecule is CCCCCCCCCCC/C=C/C(O)C(CO)NC(=O)CCCCCCCCCCCCCCCCCCCOC(=O)CCCCCCCCCCCCCCCCCCC. The molecular formula is C56H109NO5. The van der Waals surface area contributed by atoms with Crippen LogP contribution in [0, 0.1) is 0 Å². The molecule has 6 heteroatoms. The van der Waals surface area contributed by atoms with Gasteiger partial charge in [0.25, 0.3) is 0 Å². The maximum Gasteiger partial charge on any atom is 0.305 e. The van der Waals surface area contributed by atoms with Crippen molar-refractivity contribution in [2.45, 2.75) is 321 Å². The molecule has 0 fully saturated rings. The summed E-state index contributed by atoms with van der Waals surface area (Å²) in [6.45, 7) is 4.90. The van der Waals surface area contributed by atoms with Crippen molar-refractivity contribution < 1.29 is 24.5 Å². The average molecular weight is 876 g/mol. The minimum atomic E-state index is -0.845. The zero-order chi connectivity index (χ0) is 45.1. The van der Waals surface area contributed by atoms with E-state index in [0.717, 1.165) is 38.5 Å². The predicted octanol–water partition coefficient (Wildman–Crippen LogP) is 16.9. The molecule has 0 aromatic rings. The monoisotopic (exact) mass is 876 g/mol. The fraction of sp³-hybridized carbons (Fsp3) is 0.929. The van der Waals surface area contributed by atoms with E-state index in [1.54, 1.807) is 6.08 Å². The van der Waals surface area contributed by atoms with Crippen LogP contribution in [0.5, 0.6) is 0 Å². The van der Waals surface area contributed by atoms with Gasteiger partial charge in [0, 0.05) is 12.8 Å². The fourth-order valence-corrected chi connectivity index (χ4v) is 8.75. The van der Waals surface area contributed by atoms with E-state index in [1.807, 2.05) is 6.08 Å². The highest BCUT2D eigenvalue weighted by Gasteiger charge is 2.18. The van der Waals surface area contributed by atoms with E-state index >= 15 is 0 Å². The molecule has 0 aliphatic carbocycles. The Hall–Kier alpha value is -1.40. The zero-order valence-corrected chi connectivity index (χ0v) is 41.9. The molecule has 0 aliphatic rings. The Labute approximate surface area is 387 Å². The van der Waals surface area contributed by atoms with Gasteiger partial charge in [0.1, 0.15) is 0 Å². The van der Waals surface area contributed by atoms with E-state index in [4.69, 9.17) is 4.74 Å². The van der Waals surface area contributed by atoms with Gasteiger partial charge in [-0.1, -0.05) is 276 Å². The molecule has 0 rings (SSSR count). The van der Waals surface area contributed by atoms with Crippen molar-refractivity contribution in [2.24, 2.45) is 0 Å². The molecule has 1 amide bonds. The lowest BCUT2D eigenvalue weighted by molar-refractivity contribution is -0.143. The first-order chi connectivity index (χ1) is 30.5. The van der Waals surface area contributed by atoms with Crippen molar-refractivity contribution >= 4 is 11.9 Å². The van der Waals surface area contributed by atoms with E-state index in [-0.39, 0.29) is 18.5 Å². The summed E-state index contributed by atoms with van der Waals surface area (Å²) in [5.41, 5.74) is 0. The second-order valence-corrected chi connectivity index (χ2v) is 19.3. The van der Waals surface area contributed by atoms with Crippen molar-refractivity contribution in [3.05, 3.63) is 12.2 Å². The lowest BCUT2D eigenvalue weighted by Gasteiger charge is -2.20. The van der Waals surface area contributed by atoms with Crippen molar-refractivity contribution in [1.29, 1.82) is 0 Å². The van der Waals surface area contributed by atoms with Crippen LogP contribution in [0.3, 0.4) is 0 Å². The van der Waals surface area contributed by atoms with Gasteiger partial charge < -0.3 is 20.3 Å². The molecule has 0 aromatic carbocycles. The lowest BCUT2D eigenvalue weighted by Crippen LogP contribution is -2.45. The average Bonchev–Trinajstić information content (AvgIpc) is 3.27. The first-order valence-electron chi connectivity index (χ1n) is 28.0. The maximum absolute atomic E-state index is 12.4. The number of carbonyl (C=O) groups excluding carboxylic acids is 2. The molecule has 0 bridgehead atoms. The summed E-state index contributed by atoms with van der Waals surface area (Å²) in [5, 5.41) is 23.0. The molecule has 62 heavy (non-hydrogen) atoms. The van der Waals surface area contributed by atoms with Gasteiger partial charge in [0.2, 0.25) is 5.91 Å². The Balaban J connectivity index is 3.39. The molecule has 2 atom stereocenters. The summed E-state index contributed by atoms with van der Waals surface area (Å²) in [6.07, 6.45) is 60.9. The maximum atomic E-state index is 12.4. The molecule has 3 N–H and O–H groups in total. The van der Waals surface area contributed by atoms with Crippen LogP contribution in [0.2, 0.25) is 0 Å². The van der Waals surface area contributed by atoms with Crippen LogP contribution < -0.4 is 5.32 Å². The third-order valence-electron chi connectivity index (χ3n) is 13.1. The lowest BCUT2D eigenvalue weighted by atomic mass is 10.0. The Kier molecular flexibility index (Phi) is 51.0. The topological polar surface area (TPSA) is 95.9 Å². The Morgan fingerprint density at radius 3 is 1.10 bits per heavy atom. The zero-order valence-electron chi connectivity index (χ0n) is 41.9. The molecule has 2 unspecified atom stereocenters. The second-order valence-electron chi connectivity index (χ2n) is 19.3. The summed E-state index contributed by atoms with van der Waals surface area (Å²) in [4.78, 5) is 24.5. The smallest absolute Gasteiger partial charge is 0.305 e. The van der Waals surface area contributed by atoms with Gasteiger partial charge in [0.05, 0.1) is 25.4 Å². The normalized spacial score (nSPS) is 12.6. The molecule has 368 valence electrons. The number of rotatable bonds is 52. The summed E-state index contributed by atoms with van der Waals surface area (Å²) >= 11 is 0. The largest absolute Gasteiger partial charge is 0.466 e. The molecule has 0 aliphatic heterocycles. The fourth-order valence-electron chi connectivity index (χ4n) is 8.75. The number of hydrogen-bond acceptors (Lipinski definition) is 5. The Bertz CT molecular complexity index is 924. The molecule has 0 saturated heterocycles. The minimum absolute atomic E-state index is 0.00852. The van der Waals surface area contributed by atoms with Crippen molar-refractivity contribution in [2.75, 3.05) is 13.2 Å². The van der Waals surface area contributed by atoms with Crippen molar-refractivity contribution in [1.82, 2.24) is 5.32 Å². The highest BCUT2D eigenvalue weighted by Crippen LogP contribution is 2.17. The summed E-state index contributed by atoms with van der Waals surface area (Å²) in [6, 6.07) is -0.629. The van der Waals surface area contributed by atoms with Crippen LogP contribution in [-0.2, 0) is 14.3 Å². The van der Waals surface area contributed by atoms with Gasteiger partial charge in [-0.15, -0.1) is 0 Å². The number of allylic oxidation sites excluding steroid dienone is 1. The van der Waals surface area contributed by atoms with E-state index in [2.05, 4.69) is 19.2 Å².